The van der Waals surface area contributed by atoms with E-state index in [-0.39, 0.29) is 5.91 Å². The molecule has 1 aromatic carbocycles. The normalized spacial score (nSPS) is 25.2. The standard InChI is InChI=1S/C16H21ClN2O4/c1-21-14-3-2-12(17)8-13(14)15(20)19-5-7-23-16(10-19)9-18-4-6-22-11-16/h2-3,8,18H,4-7,9-11H2,1H3/t16-/m0/s1. The van der Waals surface area contributed by atoms with Crippen LogP contribution >= 0.6 is 11.6 Å². The summed E-state index contributed by atoms with van der Waals surface area (Å²) < 4.78 is 16.9. The Balaban J connectivity index is 1.80. The molecule has 3 rings (SSSR count). The Morgan fingerprint density at radius 1 is 1.43 bits per heavy atom. The van der Waals surface area contributed by atoms with E-state index in [1.807, 2.05) is 0 Å². The van der Waals surface area contributed by atoms with Crippen LogP contribution < -0.4 is 10.1 Å². The lowest BCUT2D eigenvalue weighted by molar-refractivity contribution is -0.125. The molecule has 23 heavy (non-hydrogen) atoms. The minimum absolute atomic E-state index is 0.101. The van der Waals surface area contributed by atoms with Gasteiger partial charge in [-0.05, 0) is 18.2 Å². The SMILES string of the molecule is COc1ccc(Cl)cc1C(=O)N1CCO[C@@]2(CNCCOC2)C1. The van der Waals surface area contributed by atoms with Crippen LogP contribution in [0.2, 0.25) is 5.02 Å². The Bertz CT molecular complexity index is 573. The first-order valence-electron chi connectivity index (χ1n) is 7.69. The Hall–Kier alpha value is -1.34. The Kier molecular flexibility index (Phi) is 5.06. The molecule has 1 aromatic rings. The van der Waals surface area contributed by atoms with Gasteiger partial charge in [-0.3, -0.25) is 4.79 Å². The average Bonchev–Trinajstić information content (AvgIpc) is 2.79. The third kappa shape index (κ3) is 3.61. The summed E-state index contributed by atoms with van der Waals surface area (Å²) in [5, 5.41) is 3.82. The van der Waals surface area contributed by atoms with Crippen molar-refractivity contribution < 1.29 is 19.0 Å². The van der Waals surface area contributed by atoms with Crippen LogP contribution in [0.25, 0.3) is 0 Å². The highest BCUT2D eigenvalue weighted by molar-refractivity contribution is 6.31. The summed E-state index contributed by atoms with van der Waals surface area (Å²) in [7, 11) is 1.55. The number of hydrogen-bond donors (Lipinski definition) is 1. The van der Waals surface area contributed by atoms with E-state index in [2.05, 4.69) is 5.32 Å². The Morgan fingerprint density at radius 3 is 3.13 bits per heavy atom. The number of nitrogens with zero attached hydrogens (tertiary/aromatic N) is 1. The van der Waals surface area contributed by atoms with E-state index in [0.29, 0.717) is 55.8 Å². The number of halogens is 1. The molecular formula is C16H21ClN2O4. The number of ether oxygens (including phenoxy) is 3. The molecule has 0 aliphatic carbocycles. The molecule has 2 fully saturated rings. The molecule has 6 nitrogen and oxygen atoms in total. The summed E-state index contributed by atoms with van der Waals surface area (Å²) in [4.78, 5) is 14.7. The molecule has 2 heterocycles. The molecule has 126 valence electrons. The van der Waals surface area contributed by atoms with Crippen LogP contribution in [0.4, 0.5) is 0 Å². The van der Waals surface area contributed by atoms with Crippen molar-refractivity contribution in [1.29, 1.82) is 0 Å². The number of carbonyl (C=O) groups is 1. The summed E-state index contributed by atoms with van der Waals surface area (Å²) in [6, 6.07) is 5.07. The van der Waals surface area contributed by atoms with E-state index in [1.54, 1.807) is 30.2 Å². The minimum atomic E-state index is -0.490. The van der Waals surface area contributed by atoms with Crippen molar-refractivity contribution >= 4 is 17.5 Å². The molecule has 0 saturated carbocycles. The van der Waals surface area contributed by atoms with Gasteiger partial charge in [-0.1, -0.05) is 11.6 Å². The molecule has 0 unspecified atom stereocenters. The maximum absolute atomic E-state index is 12.9. The number of carbonyl (C=O) groups excluding carboxylic acids is 1. The van der Waals surface area contributed by atoms with Crippen molar-refractivity contribution in [2.45, 2.75) is 5.60 Å². The molecular weight excluding hydrogens is 320 g/mol. The quantitative estimate of drug-likeness (QED) is 0.876. The first-order chi connectivity index (χ1) is 11.1. The van der Waals surface area contributed by atoms with Crippen molar-refractivity contribution in [2.24, 2.45) is 0 Å². The molecule has 0 aromatic heterocycles. The predicted molar refractivity (Wildman–Crippen MR) is 86.3 cm³/mol. The molecule has 1 N–H and O–H groups in total. The second-order valence-electron chi connectivity index (χ2n) is 5.83. The van der Waals surface area contributed by atoms with E-state index in [0.717, 1.165) is 6.54 Å². The Labute approximate surface area is 140 Å². The molecule has 1 amide bonds. The van der Waals surface area contributed by atoms with Crippen molar-refractivity contribution in [3.8, 4) is 5.75 Å². The van der Waals surface area contributed by atoms with Gasteiger partial charge in [0.2, 0.25) is 0 Å². The zero-order valence-corrected chi connectivity index (χ0v) is 13.9. The summed E-state index contributed by atoms with van der Waals surface area (Å²) in [5.41, 5.74) is -0.0181. The number of amides is 1. The van der Waals surface area contributed by atoms with E-state index >= 15 is 0 Å². The van der Waals surface area contributed by atoms with Crippen LogP contribution in [0.3, 0.4) is 0 Å². The highest BCUT2D eigenvalue weighted by Crippen LogP contribution is 2.27. The molecule has 1 spiro atoms. The maximum atomic E-state index is 12.9. The van der Waals surface area contributed by atoms with Crippen molar-refractivity contribution in [1.82, 2.24) is 10.2 Å². The molecule has 2 aliphatic heterocycles. The molecule has 0 bridgehead atoms. The Morgan fingerprint density at radius 2 is 2.30 bits per heavy atom. The fourth-order valence-electron chi connectivity index (χ4n) is 3.00. The van der Waals surface area contributed by atoms with Gasteiger partial charge in [-0.25, -0.2) is 0 Å². The summed E-state index contributed by atoms with van der Waals surface area (Å²) >= 11 is 6.04. The van der Waals surface area contributed by atoms with Crippen LogP contribution in [-0.2, 0) is 9.47 Å². The lowest BCUT2D eigenvalue weighted by Gasteiger charge is -2.41. The summed E-state index contributed by atoms with van der Waals surface area (Å²) in [6.07, 6.45) is 0. The summed E-state index contributed by atoms with van der Waals surface area (Å²) in [5.74, 6) is 0.423. The third-order valence-electron chi connectivity index (χ3n) is 4.16. The number of rotatable bonds is 2. The van der Waals surface area contributed by atoms with E-state index in [9.17, 15) is 4.79 Å². The smallest absolute Gasteiger partial charge is 0.257 e. The van der Waals surface area contributed by atoms with Gasteiger partial charge in [0.15, 0.2) is 0 Å². The lowest BCUT2D eigenvalue weighted by atomic mass is 10.0. The van der Waals surface area contributed by atoms with Crippen molar-refractivity contribution in [3.63, 3.8) is 0 Å². The highest BCUT2D eigenvalue weighted by atomic mass is 35.5. The fourth-order valence-corrected chi connectivity index (χ4v) is 3.17. The van der Waals surface area contributed by atoms with E-state index < -0.39 is 5.60 Å². The molecule has 0 radical (unpaired) electrons. The van der Waals surface area contributed by atoms with Crippen LogP contribution in [0.15, 0.2) is 18.2 Å². The van der Waals surface area contributed by atoms with E-state index in [1.165, 1.54) is 0 Å². The van der Waals surface area contributed by atoms with Crippen LogP contribution in [0.1, 0.15) is 10.4 Å². The minimum Gasteiger partial charge on any atom is -0.496 e. The lowest BCUT2D eigenvalue weighted by Crippen LogP contribution is -2.59. The molecule has 2 saturated heterocycles. The first-order valence-corrected chi connectivity index (χ1v) is 8.07. The first kappa shape index (κ1) is 16.5. The predicted octanol–water partition coefficient (Wildman–Crippen LogP) is 1.18. The average molecular weight is 341 g/mol. The molecule has 2 aliphatic rings. The van der Waals surface area contributed by atoms with Crippen molar-refractivity contribution in [2.75, 3.05) is 53.1 Å². The van der Waals surface area contributed by atoms with Gasteiger partial charge in [-0.2, -0.15) is 0 Å². The third-order valence-corrected chi connectivity index (χ3v) is 4.40. The van der Waals surface area contributed by atoms with Gasteiger partial charge >= 0.3 is 0 Å². The molecule has 7 heteroatoms. The second-order valence-corrected chi connectivity index (χ2v) is 6.27. The summed E-state index contributed by atoms with van der Waals surface area (Å²) in [6.45, 7) is 4.10. The number of hydrogen-bond acceptors (Lipinski definition) is 5. The van der Waals surface area contributed by atoms with Gasteiger partial charge in [0.1, 0.15) is 11.4 Å². The maximum Gasteiger partial charge on any atom is 0.257 e. The fraction of sp³-hybridized carbons (Fsp3) is 0.562. The van der Waals surface area contributed by atoms with Gasteiger partial charge < -0.3 is 24.4 Å². The molecule has 1 atom stereocenters. The largest absolute Gasteiger partial charge is 0.496 e. The second kappa shape index (κ2) is 7.05. The highest BCUT2D eigenvalue weighted by Gasteiger charge is 2.40. The van der Waals surface area contributed by atoms with Gasteiger partial charge in [-0.15, -0.1) is 0 Å². The van der Waals surface area contributed by atoms with Gasteiger partial charge in [0.25, 0.3) is 5.91 Å². The topological polar surface area (TPSA) is 60.0 Å². The van der Waals surface area contributed by atoms with Crippen LogP contribution in [-0.4, -0.2) is 69.5 Å². The van der Waals surface area contributed by atoms with Crippen LogP contribution in [0.5, 0.6) is 5.75 Å². The van der Waals surface area contributed by atoms with Crippen LogP contribution in [0, 0.1) is 0 Å². The van der Waals surface area contributed by atoms with E-state index in [4.69, 9.17) is 25.8 Å². The monoisotopic (exact) mass is 340 g/mol. The number of nitrogens with one attached hydrogen (secondary N) is 1. The zero-order valence-electron chi connectivity index (χ0n) is 13.1. The van der Waals surface area contributed by atoms with Gasteiger partial charge in [0, 0.05) is 24.7 Å². The number of morpholine rings is 1. The zero-order chi connectivity index (χ0) is 16.3. The van der Waals surface area contributed by atoms with Gasteiger partial charge in [0.05, 0.1) is 39.0 Å². The number of benzene rings is 1. The number of methoxy groups -OCH3 is 1. The van der Waals surface area contributed by atoms with Crippen molar-refractivity contribution in [3.05, 3.63) is 28.8 Å².